The van der Waals surface area contributed by atoms with Crippen molar-refractivity contribution in [2.24, 2.45) is 28.5 Å². The van der Waals surface area contributed by atoms with E-state index in [1.165, 1.54) is 82.3 Å². The van der Waals surface area contributed by atoms with Crippen molar-refractivity contribution in [3.63, 3.8) is 0 Å². The van der Waals surface area contributed by atoms with Crippen LogP contribution in [0.15, 0.2) is 84.6 Å². The van der Waals surface area contributed by atoms with Gasteiger partial charge in [-0.1, -0.05) is 24.3 Å². The summed E-state index contributed by atoms with van der Waals surface area (Å²) in [7, 11) is 1.62. The first kappa shape index (κ1) is 42.6. The number of allylic oxidation sites excluding steroid dienone is 1. The lowest BCUT2D eigenvalue weighted by Crippen LogP contribution is -2.49. The first-order chi connectivity index (χ1) is 30.6. The Morgan fingerprint density at radius 2 is 1.75 bits per heavy atom. The summed E-state index contributed by atoms with van der Waals surface area (Å²) >= 11 is 0. The van der Waals surface area contributed by atoms with Crippen LogP contribution in [0.5, 0.6) is 5.75 Å². The molecule has 0 radical (unpaired) electrons. The maximum absolute atomic E-state index is 12.7. The van der Waals surface area contributed by atoms with Gasteiger partial charge >= 0.3 is 6.03 Å². The number of urea groups is 1. The Kier molecular flexibility index (Phi) is 12.3. The fraction of sp³-hybridized carbons (Fsp3) is 0.490. The number of aromatic nitrogens is 2. The van der Waals surface area contributed by atoms with Gasteiger partial charge in [-0.2, -0.15) is 0 Å². The molecule has 3 saturated heterocycles. The number of aromatic hydroxyl groups is 1. The molecular weight excluding hydrogens is 793 g/mol. The smallest absolute Gasteiger partial charge is 0.321 e. The van der Waals surface area contributed by atoms with Gasteiger partial charge in [0.2, 0.25) is 0 Å². The van der Waals surface area contributed by atoms with Gasteiger partial charge in [0.25, 0.3) is 0 Å². The third-order valence-electron chi connectivity index (χ3n) is 14.6. The van der Waals surface area contributed by atoms with Crippen LogP contribution < -0.4 is 32.3 Å². The first-order valence-corrected chi connectivity index (χ1v) is 23.0. The predicted octanol–water partition coefficient (Wildman–Crippen LogP) is 6.15. The summed E-state index contributed by atoms with van der Waals surface area (Å²) in [6.07, 6.45) is 16.7. The number of nitrogens with two attached hydrogens (primary N) is 3. The monoisotopic (exact) mass is 857 g/mol. The number of nitrogens with zero attached hydrogens (tertiary/aromatic N) is 6. The van der Waals surface area contributed by atoms with Crippen LogP contribution in [0.1, 0.15) is 92.5 Å². The highest BCUT2D eigenvalue weighted by Crippen LogP contribution is 2.56. The number of hydrogen-bond donors (Lipinski definition) is 5. The third kappa shape index (κ3) is 9.06. The van der Waals surface area contributed by atoms with Gasteiger partial charge in [0.05, 0.1) is 24.2 Å². The van der Waals surface area contributed by atoms with Gasteiger partial charge < -0.3 is 56.4 Å². The van der Waals surface area contributed by atoms with Crippen LogP contribution in [0.4, 0.5) is 16.2 Å². The van der Waals surface area contributed by atoms with Crippen LogP contribution in [0, 0.1) is 11.3 Å². The number of benzene rings is 2. The number of anilines is 2. The molecule has 9 rings (SSSR count). The van der Waals surface area contributed by atoms with Crippen molar-refractivity contribution in [2.45, 2.75) is 75.9 Å². The summed E-state index contributed by atoms with van der Waals surface area (Å²) in [6, 6.07) is 18.1. The molecule has 5 aliphatic rings. The number of morpholine rings is 1. The van der Waals surface area contributed by atoms with E-state index in [1.54, 1.807) is 42.4 Å². The topological polar surface area (TPSA) is 184 Å². The van der Waals surface area contributed by atoms with Gasteiger partial charge in [-0.25, -0.2) is 9.78 Å². The van der Waals surface area contributed by atoms with Gasteiger partial charge in [-0.05, 0) is 129 Å². The number of fused-ring (bicyclic) bond motifs is 1. The largest absolute Gasteiger partial charge is 0.507 e. The quantitative estimate of drug-likeness (QED) is 0.0768. The lowest BCUT2D eigenvalue weighted by molar-refractivity contribution is -0.107. The predicted molar refractivity (Wildman–Crippen MR) is 248 cm³/mol. The molecule has 4 aromatic rings. The van der Waals surface area contributed by atoms with E-state index in [0.29, 0.717) is 60.6 Å². The van der Waals surface area contributed by atoms with Gasteiger partial charge in [-0.15, -0.1) is 0 Å². The second kappa shape index (κ2) is 18.2. The summed E-state index contributed by atoms with van der Waals surface area (Å²) in [5, 5.41) is 14.2. The zero-order chi connectivity index (χ0) is 43.7. The van der Waals surface area contributed by atoms with Crippen molar-refractivity contribution in [3.8, 4) is 5.75 Å². The molecule has 334 valence electrons. The summed E-state index contributed by atoms with van der Waals surface area (Å²) in [6.45, 7) is 7.76. The van der Waals surface area contributed by atoms with Crippen molar-refractivity contribution in [1.29, 1.82) is 0 Å². The number of pyridine rings is 1. The van der Waals surface area contributed by atoms with E-state index in [4.69, 9.17) is 26.9 Å². The highest BCUT2D eigenvalue weighted by atomic mass is 16.5. The Balaban J connectivity index is 0.747. The Labute approximate surface area is 370 Å². The van der Waals surface area contributed by atoms with Gasteiger partial charge in [0, 0.05) is 87.3 Å². The Morgan fingerprint density at radius 1 is 1.00 bits per heavy atom. The zero-order valence-electron chi connectivity index (χ0n) is 36.6. The number of nitrogens with one attached hydrogen (secondary N) is 1. The highest BCUT2D eigenvalue weighted by Gasteiger charge is 2.47. The number of carbonyl (C=O) groups is 2. The third-order valence-corrected chi connectivity index (χ3v) is 14.6. The van der Waals surface area contributed by atoms with Crippen LogP contribution >= 0.6 is 0 Å². The summed E-state index contributed by atoms with van der Waals surface area (Å²) < 4.78 is 8.68. The van der Waals surface area contributed by atoms with Gasteiger partial charge in [0.15, 0.2) is 0 Å². The zero-order valence-corrected chi connectivity index (χ0v) is 36.6. The number of phenolic OH excluding ortho intramolecular Hbond substituents is 1. The second-order valence-corrected chi connectivity index (χ2v) is 18.6. The molecule has 0 bridgehead atoms. The highest BCUT2D eigenvalue weighted by molar-refractivity contribution is 5.95. The SMILES string of the molecule is CNC(=O)N(CCC=O)c1cnc2c(c1)c(C1CC1)cn2C1CC2(CCN(CC3CCN(c4ccc(C5CN(C(/C=C(\N)c6ccccc6O)=C(N)N)CCO5)cc4)CC3)CC2)C1. The minimum absolute atomic E-state index is 0.105. The van der Waals surface area contributed by atoms with E-state index in [2.05, 4.69) is 61.1 Å². The average molecular weight is 857 g/mol. The number of carbonyl (C=O) groups excluding carboxylic acids is 2. The van der Waals surface area contributed by atoms with E-state index in [-0.39, 0.29) is 30.1 Å². The molecule has 2 amide bonds. The standard InChI is InChI=1S/C49H64N10O4/c1-53-48(62)58(17-4-23-60)37-25-40-41(34-7-8-34)31-59(47(40)54-29-37)38-27-49(28-38)15-20-55(21-16-49)30-33-13-18-56(19-14-33)36-11-9-35(10-12-36)45-32-57(22-24-63-45)43(46(51)52)26-42(50)39-5-2-3-6-44(39)61/h2-3,5-6,9-12,23,25-26,29,31,33-34,38,45,61H,4,7-8,13-22,24,27-28,30,32,50-52H2,1H3,(H,53,62)/b42-26-. The summed E-state index contributed by atoms with van der Waals surface area (Å²) in [5.74, 6) is 1.56. The normalized spacial score (nSPS) is 21.0. The van der Waals surface area contributed by atoms with Crippen molar-refractivity contribution >= 4 is 40.4 Å². The molecule has 8 N–H and O–H groups in total. The van der Waals surface area contributed by atoms with E-state index >= 15 is 0 Å². The maximum Gasteiger partial charge on any atom is 0.321 e. The number of para-hydroxylation sites is 1. The number of amides is 2. The van der Waals surface area contributed by atoms with Crippen LogP contribution in [0.2, 0.25) is 0 Å². The molecule has 63 heavy (non-hydrogen) atoms. The number of piperidine rings is 2. The molecule has 14 nitrogen and oxygen atoms in total. The molecular formula is C49H64N10O4. The molecule has 2 saturated carbocycles. The molecule has 2 aromatic heterocycles. The molecule has 3 aliphatic heterocycles. The van der Waals surface area contributed by atoms with Crippen LogP contribution in [-0.2, 0) is 9.53 Å². The Morgan fingerprint density at radius 3 is 2.43 bits per heavy atom. The number of likely N-dealkylation sites (tertiary alicyclic amines) is 1. The Hall–Kier alpha value is -5.73. The van der Waals surface area contributed by atoms with Gasteiger partial charge in [-0.3, -0.25) is 4.90 Å². The van der Waals surface area contributed by atoms with Gasteiger partial charge in [0.1, 0.15) is 29.6 Å². The molecule has 5 heterocycles. The average Bonchev–Trinajstić information content (AvgIpc) is 4.08. The number of rotatable bonds is 13. The Bertz CT molecular complexity index is 2330. The molecule has 2 aromatic carbocycles. The fourth-order valence-corrected chi connectivity index (χ4v) is 10.7. The van der Waals surface area contributed by atoms with Crippen molar-refractivity contribution in [1.82, 2.24) is 24.7 Å². The summed E-state index contributed by atoms with van der Waals surface area (Å²) in [5.41, 5.74) is 26.2. The minimum atomic E-state index is -0.225. The number of aldehydes is 1. The number of hydrogen-bond acceptors (Lipinski definition) is 11. The summed E-state index contributed by atoms with van der Waals surface area (Å²) in [4.78, 5) is 37.8. The fourth-order valence-electron chi connectivity index (χ4n) is 10.7. The van der Waals surface area contributed by atoms with E-state index in [9.17, 15) is 14.7 Å². The first-order valence-electron chi connectivity index (χ1n) is 23.0. The maximum atomic E-state index is 12.7. The van der Waals surface area contributed by atoms with Crippen LogP contribution in [0.25, 0.3) is 16.7 Å². The van der Waals surface area contributed by atoms with Crippen LogP contribution in [-0.4, -0.2) is 103 Å². The molecule has 5 fully saturated rings. The number of phenols is 1. The molecule has 2 aliphatic carbocycles. The second-order valence-electron chi connectivity index (χ2n) is 18.6. The van der Waals surface area contributed by atoms with Crippen molar-refractivity contribution in [2.75, 3.05) is 75.8 Å². The molecule has 14 heteroatoms. The minimum Gasteiger partial charge on any atom is -0.507 e. The van der Waals surface area contributed by atoms with E-state index in [1.807, 2.05) is 6.07 Å². The van der Waals surface area contributed by atoms with E-state index < -0.39 is 0 Å². The lowest BCUT2D eigenvalue weighted by Gasteiger charge is -2.53. The van der Waals surface area contributed by atoms with Crippen molar-refractivity contribution in [3.05, 3.63) is 101 Å². The van der Waals surface area contributed by atoms with Crippen molar-refractivity contribution < 1.29 is 19.4 Å². The van der Waals surface area contributed by atoms with Crippen LogP contribution in [0.3, 0.4) is 0 Å². The molecule has 1 unspecified atom stereocenters. The molecule has 1 spiro atoms. The molecule has 1 atom stereocenters. The lowest BCUT2D eigenvalue weighted by atomic mass is 9.60. The van der Waals surface area contributed by atoms with E-state index in [0.717, 1.165) is 47.6 Å². The number of ether oxygens (including phenoxy) is 1.